The van der Waals surface area contributed by atoms with Gasteiger partial charge in [-0.1, -0.05) is 20.6 Å². The maximum Gasteiger partial charge on any atom is 0.330 e. The zero-order valence-corrected chi connectivity index (χ0v) is 30.8. The first-order valence-corrected chi connectivity index (χ1v) is 18.3. The molecule has 3 rings (SSSR count). The van der Waals surface area contributed by atoms with E-state index >= 15 is 0 Å². The van der Waals surface area contributed by atoms with Crippen molar-refractivity contribution in [2.24, 2.45) is 28.8 Å². The summed E-state index contributed by atoms with van der Waals surface area (Å²) < 4.78 is 32.2. The van der Waals surface area contributed by atoms with E-state index in [2.05, 4.69) is 23.7 Å². The van der Waals surface area contributed by atoms with Crippen LogP contribution in [0, 0.1) is 23.7 Å². The standard InChI is InChI=1S/C39H52N2O12.CH4/c1-5-34(42)48-21-7-9-23-50-36(44)27-11-15-29(16-12-27)38(46)52-31-19-20-33(32(25-31)26(3)41-40-4)53-39(47)30-17-13-28(14-18-30)37(45)51-24-10-8-22-49-35(43)6-2;/h5-6,19-20,25,27-30,40H,1-2,7-18,21-24H2,3-4H3;1H4/b41-26+;. The maximum atomic E-state index is 13.2. The summed E-state index contributed by atoms with van der Waals surface area (Å²) in [6, 6.07) is 4.74. The van der Waals surface area contributed by atoms with Crippen LogP contribution in [-0.2, 0) is 47.7 Å². The number of rotatable bonds is 20. The lowest BCUT2D eigenvalue weighted by atomic mass is 9.82. The zero-order chi connectivity index (χ0) is 38.6. The summed E-state index contributed by atoms with van der Waals surface area (Å²) in [6.45, 7) is 9.33. The van der Waals surface area contributed by atoms with Gasteiger partial charge in [0.25, 0.3) is 0 Å². The number of carbonyl (C=O) groups excluding carboxylic acids is 6. The average molecular weight is 757 g/mol. The summed E-state index contributed by atoms with van der Waals surface area (Å²) in [4.78, 5) is 73.5. The zero-order valence-electron chi connectivity index (χ0n) is 30.8. The summed E-state index contributed by atoms with van der Waals surface area (Å²) in [5, 5.41) is 4.23. The Kier molecular flexibility index (Phi) is 20.3. The highest BCUT2D eigenvalue weighted by molar-refractivity contribution is 6.02. The fourth-order valence-corrected chi connectivity index (χ4v) is 6.15. The number of benzene rings is 1. The fourth-order valence-electron chi connectivity index (χ4n) is 6.15. The molecule has 298 valence electrons. The van der Waals surface area contributed by atoms with Gasteiger partial charge in [0.2, 0.25) is 0 Å². The van der Waals surface area contributed by atoms with Gasteiger partial charge in [-0.25, -0.2) is 9.59 Å². The second-order valence-electron chi connectivity index (χ2n) is 13.0. The van der Waals surface area contributed by atoms with Crippen molar-refractivity contribution < 1.29 is 57.2 Å². The van der Waals surface area contributed by atoms with Crippen molar-refractivity contribution >= 4 is 41.5 Å². The van der Waals surface area contributed by atoms with Crippen LogP contribution in [0.25, 0.3) is 0 Å². The number of nitrogens with zero attached hydrogens (tertiary/aromatic N) is 1. The normalized spacial score (nSPS) is 19.5. The van der Waals surface area contributed by atoms with E-state index in [1.165, 1.54) is 0 Å². The molecule has 2 aliphatic rings. The molecule has 0 aromatic heterocycles. The molecule has 0 heterocycles. The predicted octanol–water partition coefficient (Wildman–Crippen LogP) is 5.79. The van der Waals surface area contributed by atoms with E-state index in [9.17, 15) is 28.8 Å². The quantitative estimate of drug-likeness (QED) is 0.0321. The number of esters is 6. The van der Waals surface area contributed by atoms with Gasteiger partial charge < -0.3 is 33.8 Å². The number of carbonyl (C=O) groups is 6. The Morgan fingerprint density at radius 3 is 1.44 bits per heavy atom. The topological polar surface area (TPSA) is 182 Å². The van der Waals surface area contributed by atoms with Gasteiger partial charge in [0.1, 0.15) is 11.5 Å². The van der Waals surface area contributed by atoms with Gasteiger partial charge in [-0.3, -0.25) is 19.2 Å². The number of hydrogen-bond donors (Lipinski definition) is 1. The van der Waals surface area contributed by atoms with E-state index in [1.807, 2.05) is 0 Å². The maximum absolute atomic E-state index is 13.2. The van der Waals surface area contributed by atoms with Crippen LogP contribution in [0.1, 0.15) is 97.0 Å². The SMILES string of the molecule is C.C=CC(=O)OCCCCOC(=O)C1CCC(C(=O)Oc2ccc(OC(=O)C3CCC(C(=O)OCCCCOC(=O)C=C)CC3)c(/C(C)=N/NC)c2)CC1. The van der Waals surface area contributed by atoms with Crippen LogP contribution in [0.5, 0.6) is 11.5 Å². The highest BCUT2D eigenvalue weighted by Gasteiger charge is 2.34. The van der Waals surface area contributed by atoms with Crippen molar-refractivity contribution in [1.29, 1.82) is 0 Å². The second kappa shape index (κ2) is 24.3. The van der Waals surface area contributed by atoms with Crippen LogP contribution in [0.15, 0.2) is 48.6 Å². The van der Waals surface area contributed by atoms with Crippen LogP contribution in [-0.4, -0.2) is 75.0 Å². The van der Waals surface area contributed by atoms with Crippen molar-refractivity contribution in [2.75, 3.05) is 33.5 Å². The van der Waals surface area contributed by atoms with Crippen LogP contribution in [0.4, 0.5) is 0 Å². The van der Waals surface area contributed by atoms with E-state index in [0.29, 0.717) is 88.3 Å². The monoisotopic (exact) mass is 756 g/mol. The van der Waals surface area contributed by atoms with Crippen LogP contribution in [0.2, 0.25) is 0 Å². The molecule has 1 N–H and O–H groups in total. The summed E-state index contributed by atoms with van der Waals surface area (Å²) in [7, 11) is 1.64. The van der Waals surface area contributed by atoms with Gasteiger partial charge in [0.05, 0.1) is 55.8 Å². The van der Waals surface area contributed by atoms with E-state index in [1.54, 1.807) is 32.2 Å². The lowest BCUT2D eigenvalue weighted by molar-refractivity contribution is -0.152. The second-order valence-corrected chi connectivity index (χ2v) is 13.0. The third-order valence-electron chi connectivity index (χ3n) is 9.22. The van der Waals surface area contributed by atoms with E-state index in [-0.39, 0.29) is 75.0 Å². The summed E-state index contributed by atoms with van der Waals surface area (Å²) in [6.07, 6.45) is 8.37. The number of hydrogen-bond acceptors (Lipinski definition) is 14. The predicted molar refractivity (Wildman–Crippen MR) is 199 cm³/mol. The Labute approximate surface area is 318 Å². The van der Waals surface area contributed by atoms with Crippen molar-refractivity contribution in [2.45, 2.75) is 91.4 Å². The molecule has 2 aliphatic carbocycles. The van der Waals surface area contributed by atoms with Gasteiger partial charge in [0.15, 0.2) is 0 Å². The smallest absolute Gasteiger partial charge is 0.330 e. The Bertz CT molecular complexity index is 1470. The van der Waals surface area contributed by atoms with Crippen molar-refractivity contribution in [3.05, 3.63) is 49.1 Å². The molecule has 14 nitrogen and oxygen atoms in total. The van der Waals surface area contributed by atoms with E-state index in [0.717, 1.165) is 12.2 Å². The van der Waals surface area contributed by atoms with E-state index < -0.39 is 29.8 Å². The third kappa shape index (κ3) is 15.2. The number of ether oxygens (including phenoxy) is 6. The van der Waals surface area contributed by atoms with Gasteiger partial charge in [-0.2, -0.15) is 5.10 Å². The Balaban J connectivity index is 0.0000101. The molecule has 0 unspecified atom stereocenters. The summed E-state index contributed by atoms with van der Waals surface area (Å²) in [5.41, 5.74) is 3.70. The van der Waals surface area contributed by atoms with Crippen molar-refractivity contribution in [3.8, 4) is 11.5 Å². The molecule has 0 aliphatic heterocycles. The van der Waals surface area contributed by atoms with Gasteiger partial charge in [0, 0.05) is 24.8 Å². The first kappa shape index (κ1) is 45.1. The average Bonchev–Trinajstić information content (AvgIpc) is 3.17. The highest BCUT2D eigenvalue weighted by Crippen LogP contribution is 2.34. The van der Waals surface area contributed by atoms with Crippen LogP contribution < -0.4 is 14.9 Å². The molecule has 54 heavy (non-hydrogen) atoms. The Morgan fingerprint density at radius 2 is 1.04 bits per heavy atom. The van der Waals surface area contributed by atoms with E-state index in [4.69, 9.17) is 28.4 Å². The molecule has 0 saturated heterocycles. The van der Waals surface area contributed by atoms with Crippen LogP contribution in [0.3, 0.4) is 0 Å². The molecule has 0 bridgehead atoms. The van der Waals surface area contributed by atoms with Gasteiger partial charge in [-0.15, -0.1) is 0 Å². The number of nitrogens with one attached hydrogen (secondary N) is 1. The molecule has 14 heteroatoms. The summed E-state index contributed by atoms with van der Waals surface area (Å²) >= 11 is 0. The number of hydrazone groups is 1. The lowest BCUT2D eigenvalue weighted by Gasteiger charge is -2.26. The largest absolute Gasteiger partial charge is 0.465 e. The molecule has 2 saturated carbocycles. The summed E-state index contributed by atoms with van der Waals surface area (Å²) in [5.74, 6) is -3.22. The molecule has 1 aromatic carbocycles. The molecular formula is C40H56N2O12. The minimum Gasteiger partial charge on any atom is -0.465 e. The van der Waals surface area contributed by atoms with Crippen LogP contribution >= 0.6 is 0 Å². The molecule has 0 atom stereocenters. The highest BCUT2D eigenvalue weighted by atomic mass is 16.6. The first-order chi connectivity index (χ1) is 25.6. The first-order valence-electron chi connectivity index (χ1n) is 18.3. The molecule has 0 amide bonds. The molecule has 1 aromatic rings. The molecule has 2 fully saturated rings. The Hall–Kier alpha value is -5.01. The molecule has 0 radical (unpaired) electrons. The minimum atomic E-state index is -0.488. The Morgan fingerprint density at radius 1 is 0.648 bits per heavy atom. The van der Waals surface area contributed by atoms with Gasteiger partial charge in [-0.05, 0) is 102 Å². The lowest BCUT2D eigenvalue weighted by Crippen LogP contribution is -2.30. The van der Waals surface area contributed by atoms with Gasteiger partial charge >= 0.3 is 35.8 Å². The third-order valence-corrected chi connectivity index (χ3v) is 9.22. The molecule has 0 spiro atoms. The van der Waals surface area contributed by atoms with Crippen molar-refractivity contribution in [3.63, 3.8) is 0 Å². The minimum absolute atomic E-state index is 0. The fraction of sp³-hybridized carbons (Fsp3) is 0.575. The molecular weight excluding hydrogens is 700 g/mol. The van der Waals surface area contributed by atoms with Crippen molar-refractivity contribution in [1.82, 2.24) is 5.43 Å². The number of unbranched alkanes of at least 4 members (excludes halogenated alkanes) is 2.